The van der Waals surface area contributed by atoms with Crippen molar-refractivity contribution in [1.29, 1.82) is 0 Å². The molecule has 7 nitrogen and oxygen atoms in total. The number of aromatic nitrogens is 4. The Labute approximate surface area is 218 Å². The second kappa shape index (κ2) is 10.6. The summed E-state index contributed by atoms with van der Waals surface area (Å²) in [6.45, 7) is 5.76. The van der Waals surface area contributed by atoms with Gasteiger partial charge in [-0.3, -0.25) is 4.79 Å². The second-order valence-corrected chi connectivity index (χ2v) is 11.5. The van der Waals surface area contributed by atoms with Crippen LogP contribution in [0.3, 0.4) is 0 Å². The molecule has 1 aromatic carbocycles. The van der Waals surface area contributed by atoms with Crippen molar-refractivity contribution in [2.24, 2.45) is 11.8 Å². The molecule has 1 aliphatic rings. The van der Waals surface area contributed by atoms with Gasteiger partial charge in [-0.2, -0.15) is 0 Å². The summed E-state index contributed by atoms with van der Waals surface area (Å²) in [5.41, 5.74) is 0.479. The number of rotatable bonds is 6. The smallest absolute Gasteiger partial charge is 0.302 e. The maximum Gasteiger partial charge on any atom is 0.302 e. The Morgan fingerprint density at radius 2 is 2.09 bits per heavy atom. The maximum absolute atomic E-state index is 11.5. The van der Waals surface area contributed by atoms with E-state index in [4.69, 9.17) is 32.7 Å². The quantitative estimate of drug-likeness (QED) is 0.308. The van der Waals surface area contributed by atoms with Crippen LogP contribution in [0.15, 0.2) is 39.3 Å². The van der Waals surface area contributed by atoms with Crippen LogP contribution in [-0.2, 0) is 14.3 Å². The molecule has 0 radical (unpaired) electrons. The highest BCUT2D eigenvalue weighted by Gasteiger charge is 2.44. The lowest BCUT2D eigenvalue weighted by Crippen LogP contribution is -2.47. The number of carbonyl (C=O) groups excluding carboxylic acids is 1. The van der Waals surface area contributed by atoms with Crippen LogP contribution in [0.4, 0.5) is 0 Å². The first-order valence-electron chi connectivity index (χ1n) is 10.2. The Kier molecular flexibility index (Phi) is 8.02. The third kappa shape index (κ3) is 5.74. The number of hydrogen-bond acceptors (Lipinski definition) is 8. The number of benzene rings is 1. The Hall–Kier alpha value is -1.17. The molecule has 1 fully saturated rings. The summed E-state index contributed by atoms with van der Waals surface area (Å²) < 4.78 is 14.4. The molecule has 3 aromatic rings. The fourth-order valence-electron chi connectivity index (χ4n) is 3.86. The summed E-state index contributed by atoms with van der Waals surface area (Å²) in [5, 5.41) is 12.5. The predicted octanol–water partition coefficient (Wildman–Crippen LogP) is 6.36. The zero-order chi connectivity index (χ0) is 23.7. The van der Waals surface area contributed by atoms with E-state index in [-0.39, 0.29) is 42.0 Å². The van der Waals surface area contributed by atoms with E-state index in [2.05, 4.69) is 45.1 Å². The Balaban J connectivity index is 1.62. The molecule has 5 atom stereocenters. The van der Waals surface area contributed by atoms with Gasteiger partial charge in [-0.05, 0) is 34.1 Å². The van der Waals surface area contributed by atoms with Gasteiger partial charge >= 0.3 is 5.97 Å². The fourth-order valence-corrected chi connectivity index (χ4v) is 6.60. The molecule has 1 aliphatic heterocycles. The number of thioether (sulfide) groups is 1. The zero-order valence-electron chi connectivity index (χ0n) is 17.9. The van der Waals surface area contributed by atoms with Crippen LogP contribution in [0.25, 0.3) is 10.7 Å². The van der Waals surface area contributed by atoms with E-state index in [1.807, 2.05) is 28.4 Å². The third-order valence-electron chi connectivity index (χ3n) is 5.51. The van der Waals surface area contributed by atoms with Gasteiger partial charge in [0.15, 0.2) is 0 Å². The minimum absolute atomic E-state index is 0.0163. The zero-order valence-corrected chi connectivity index (χ0v) is 22.7. The number of nitrogens with zero attached hydrogens (tertiary/aromatic N) is 4. The van der Waals surface area contributed by atoms with Gasteiger partial charge in [-0.1, -0.05) is 54.0 Å². The second-order valence-electron chi connectivity index (χ2n) is 7.81. The van der Waals surface area contributed by atoms with Crippen molar-refractivity contribution in [2.75, 3.05) is 6.61 Å². The first-order chi connectivity index (χ1) is 15.7. The summed E-state index contributed by atoms with van der Waals surface area (Å²) in [5.74, 6) is -0.264. The van der Waals surface area contributed by atoms with Gasteiger partial charge in [0.05, 0.1) is 28.4 Å². The molecule has 12 heteroatoms. The van der Waals surface area contributed by atoms with E-state index in [0.717, 1.165) is 14.5 Å². The van der Waals surface area contributed by atoms with E-state index in [1.54, 1.807) is 17.8 Å². The van der Waals surface area contributed by atoms with E-state index in [1.165, 1.54) is 18.3 Å². The molecule has 176 valence electrons. The number of hydrogen-bond donors (Lipinski definition) is 0. The molecule has 3 heterocycles. The average Bonchev–Trinajstić information content (AvgIpc) is 3.41. The molecule has 0 aliphatic carbocycles. The maximum atomic E-state index is 11.5. The van der Waals surface area contributed by atoms with Crippen molar-refractivity contribution < 1.29 is 14.3 Å². The van der Waals surface area contributed by atoms with E-state index in [9.17, 15) is 4.79 Å². The number of halogens is 3. The minimum Gasteiger partial charge on any atom is -0.463 e. The lowest BCUT2D eigenvalue weighted by Gasteiger charge is -2.44. The van der Waals surface area contributed by atoms with Crippen LogP contribution in [0.2, 0.25) is 10.0 Å². The molecule has 0 bridgehead atoms. The van der Waals surface area contributed by atoms with Crippen LogP contribution in [0.1, 0.15) is 26.8 Å². The van der Waals surface area contributed by atoms with Crippen LogP contribution in [0, 0.1) is 11.8 Å². The van der Waals surface area contributed by atoms with Crippen molar-refractivity contribution in [3.8, 4) is 10.7 Å². The molecular weight excluding hydrogens is 571 g/mol. The molecule has 2 unspecified atom stereocenters. The van der Waals surface area contributed by atoms with Gasteiger partial charge in [-0.25, -0.2) is 9.67 Å². The summed E-state index contributed by atoms with van der Waals surface area (Å²) in [7, 11) is 0. The lowest BCUT2D eigenvalue weighted by molar-refractivity contribution is -0.156. The van der Waals surface area contributed by atoms with Crippen molar-refractivity contribution in [2.45, 2.75) is 43.2 Å². The predicted molar refractivity (Wildman–Crippen MR) is 134 cm³/mol. The number of esters is 1. The summed E-state index contributed by atoms with van der Waals surface area (Å²) in [6.07, 6.45) is 1.61. The normalized spacial score (nSPS) is 25.2. The summed E-state index contributed by atoms with van der Waals surface area (Å²) in [6, 6.07) is 5.47. The summed E-state index contributed by atoms with van der Waals surface area (Å²) >= 11 is 18.7. The van der Waals surface area contributed by atoms with Crippen molar-refractivity contribution in [3.05, 3.63) is 44.4 Å². The van der Waals surface area contributed by atoms with E-state index < -0.39 is 0 Å². The van der Waals surface area contributed by atoms with E-state index in [0.29, 0.717) is 15.7 Å². The third-order valence-corrected chi connectivity index (χ3v) is 9.12. The van der Waals surface area contributed by atoms with Crippen LogP contribution in [-0.4, -0.2) is 44.1 Å². The summed E-state index contributed by atoms with van der Waals surface area (Å²) in [4.78, 5) is 16.8. The molecule has 0 saturated carbocycles. The minimum atomic E-state index is -0.341. The number of ether oxygens (including phenoxy) is 2. The average molecular weight is 592 g/mol. The SMILES string of the molecule is CC(=O)OCC1O[C@H](Sc2ccc(Cl)c(Cl)c2)C(C)[C@@H](n2cc(-c3nc(Br)cs3)nn2)[C@H]1C. The first-order valence-corrected chi connectivity index (χ1v) is 13.5. The van der Waals surface area contributed by atoms with Gasteiger partial charge in [0.1, 0.15) is 27.3 Å². The lowest BCUT2D eigenvalue weighted by atomic mass is 9.84. The van der Waals surface area contributed by atoms with Crippen LogP contribution in [0.5, 0.6) is 0 Å². The van der Waals surface area contributed by atoms with Crippen molar-refractivity contribution >= 4 is 68.2 Å². The Morgan fingerprint density at radius 3 is 2.76 bits per heavy atom. The Bertz CT molecular complexity index is 1140. The molecule has 4 rings (SSSR count). The molecular formula is C21H21BrCl2N4O3S2. The van der Waals surface area contributed by atoms with Crippen molar-refractivity contribution in [1.82, 2.24) is 20.0 Å². The molecule has 0 amide bonds. The highest BCUT2D eigenvalue weighted by atomic mass is 79.9. The van der Waals surface area contributed by atoms with Crippen LogP contribution >= 0.6 is 62.2 Å². The first kappa shape index (κ1) is 24.9. The van der Waals surface area contributed by atoms with Crippen LogP contribution < -0.4 is 0 Å². The standard InChI is InChI=1S/C21H21BrCl2N4O3S2/c1-10-17(8-30-12(3)29)31-21(33-13-4-5-14(23)15(24)6-13)11(2)19(10)28-7-16(26-27-28)20-25-18(22)9-32-20/h4-7,9-11,17,19,21H,8H2,1-3H3/t10-,11?,17?,19-,21+/m0/s1. The molecule has 2 aromatic heterocycles. The molecule has 1 saturated heterocycles. The van der Waals surface area contributed by atoms with Gasteiger partial charge < -0.3 is 9.47 Å². The fraction of sp³-hybridized carbons (Fsp3) is 0.429. The molecule has 0 N–H and O–H groups in total. The van der Waals surface area contributed by atoms with Gasteiger partial charge in [0.25, 0.3) is 0 Å². The molecule has 0 spiro atoms. The van der Waals surface area contributed by atoms with Crippen molar-refractivity contribution in [3.63, 3.8) is 0 Å². The monoisotopic (exact) mass is 590 g/mol. The Morgan fingerprint density at radius 1 is 1.30 bits per heavy atom. The number of thiazole rings is 1. The van der Waals surface area contributed by atoms with Gasteiger partial charge in [0.2, 0.25) is 0 Å². The number of carbonyl (C=O) groups is 1. The highest BCUT2D eigenvalue weighted by molar-refractivity contribution is 9.10. The highest BCUT2D eigenvalue weighted by Crippen LogP contribution is 2.45. The van der Waals surface area contributed by atoms with Gasteiger partial charge in [-0.15, -0.1) is 16.4 Å². The van der Waals surface area contributed by atoms with E-state index >= 15 is 0 Å². The largest absolute Gasteiger partial charge is 0.463 e. The molecule has 33 heavy (non-hydrogen) atoms. The topological polar surface area (TPSA) is 79.1 Å². The van der Waals surface area contributed by atoms with Gasteiger partial charge in [0, 0.05) is 29.0 Å².